The van der Waals surface area contributed by atoms with E-state index in [4.69, 9.17) is 26.5 Å². The smallest absolute Gasteiger partial charge is 0.346 e. The molecule has 0 radical (unpaired) electrons. The molecule has 1 aromatic heterocycles. The summed E-state index contributed by atoms with van der Waals surface area (Å²) >= 11 is 9.29. The van der Waals surface area contributed by atoms with Crippen molar-refractivity contribution in [2.45, 2.75) is 0 Å². The number of rotatable bonds is 3. The van der Waals surface area contributed by atoms with E-state index in [2.05, 4.69) is 15.9 Å². The highest BCUT2D eigenvalue weighted by atomic mass is 79.9. The van der Waals surface area contributed by atoms with Crippen molar-refractivity contribution in [2.75, 3.05) is 17.7 Å². The number of halogens is 2. The Hall–Kier alpha value is -1.20. The molecule has 1 aromatic carbocycles. The topological polar surface area (TPSA) is 65.5 Å². The van der Waals surface area contributed by atoms with Crippen molar-refractivity contribution in [1.29, 1.82) is 0 Å². The van der Waals surface area contributed by atoms with Crippen LogP contribution >= 0.6 is 27.5 Å². The molecule has 0 aliphatic heterocycles. The standard InChI is InChI=1S/C11H9BrClNO3/c12-3-4-16-11-9(13)7-2-1-6(14)5-8(7)10(15)17-11/h1-2,5H,3-4,14H2. The molecule has 0 fully saturated rings. The van der Waals surface area contributed by atoms with Crippen LogP contribution in [0.15, 0.2) is 27.4 Å². The van der Waals surface area contributed by atoms with Crippen LogP contribution in [0.2, 0.25) is 5.02 Å². The summed E-state index contributed by atoms with van der Waals surface area (Å²) in [6, 6.07) is 4.87. The number of benzene rings is 1. The molecule has 1 heterocycles. The van der Waals surface area contributed by atoms with Crippen LogP contribution in [-0.4, -0.2) is 11.9 Å². The van der Waals surface area contributed by atoms with Crippen molar-refractivity contribution in [3.63, 3.8) is 0 Å². The van der Waals surface area contributed by atoms with Crippen LogP contribution in [0.4, 0.5) is 5.69 Å². The molecule has 0 bridgehead atoms. The van der Waals surface area contributed by atoms with Gasteiger partial charge in [-0.1, -0.05) is 33.6 Å². The molecule has 2 rings (SSSR count). The summed E-state index contributed by atoms with van der Waals surface area (Å²) in [5.74, 6) is 0.0355. The van der Waals surface area contributed by atoms with Gasteiger partial charge in [0.05, 0.1) is 5.39 Å². The average molecular weight is 319 g/mol. The molecule has 2 aromatic rings. The van der Waals surface area contributed by atoms with Crippen molar-refractivity contribution >= 4 is 44.0 Å². The molecule has 17 heavy (non-hydrogen) atoms. The van der Waals surface area contributed by atoms with Gasteiger partial charge in [-0.3, -0.25) is 0 Å². The first-order valence-electron chi connectivity index (χ1n) is 4.84. The zero-order valence-corrected chi connectivity index (χ0v) is 11.0. The minimum atomic E-state index is -0.513. The number of hydrogen-bond donors (Lipinski definition) is 1. The third-order valence-corrected chi connectivity index (χ3v) is 2.86. The molecule has 90 valence electrons. The fraction of sp³-hybridized carbons (Fsp3) is 0.182. The van der Waals surface area contributed by atoms with Gasteiger partial charge in [0.15, 0.2) is 0 Å². The minimum absolute atomic E-state index is 0.0355. The molecule has 0 aliphatic rings. The lowest BCUT2D eigenvalue weighted by Crippen LogP contribution is -2.05. The van der Waals surface area contributed by atoms with Gasteiger partial charge >= 0.3 is 11.6 Å². The first-order chi connectivity index (χ1) is 8.13. The Balaban J connectivity index is 2.64. The van der Waals surface area contributed by atoms with E-state index in [1.54, 1.807) is 12.1 Å². The Morgan fingerprint density at radius 1 is 1.41 bits per heavy atom. The summed E-state index contributed by atoms with van der Waals surface area (Å²) in [5.41, 5.74) is 5.57. The average Bonchev–Trinajstić information content (AvgIpc) is 2.32. The van der Waals surface area contributed by atoms with E-state index in [0.29, 0.717) is 28.4 Å². The van der Waals surface area contributed by atoms with Gasteiger partial charge in [0.2, 0.25) is 0 Å². The Morgan fingerprint density at radius 2 is 2.18 bits per heavy atom. The molecule has 0 unspecified atom stereocenters. The maximum atomic E-state index is 11.7. The number of ether oxygens (including phenoxy) is 1. The predicted octanol–water partition coefficient (Wildman–Crippen LogP) is 2.80. The van der Waals surface area contributed by atoms with Gasteiger partial charge in [0.1, 0.15) is 11.6 Å². The van der Waals surface area contributed by atoms with Gasteiger partial charge in [-0.25, -0.2) is 4.79 Å². The molecule has 0 amide bonds. The normalized spacial score (nSPS) is 10.7. The van der Waals surface area contributed by atoms with E-state index < -0.39 is 5.63 Å². The summed E-state index contributed by atoms with van der Waals surface area (Å²) in [4.78, 5) is 11.7. The molecule has 6 heteroatoms. The Kier molecular flexibility index (Phi) is 3.59. The lowest BCUT2D eigenvalue weighted by molar-refractivity contribution is 0.249. The van der Waals surface area contributed by atoms with Gasteiger partial charge in [-0.05, 0) is 12.1 Å². The third-order valence-electron chi connectivity index (χ3n) is 2.17. The van der Waals surface area contributed by atoms with E-state index in [9.17, 15) is 4.79 Å². The molecule has 4 nitrogen and oxygen atoms in total. The van der Waals surface area contributed by atoms with Crippen molar-refractivity contribution < 1.29 is 9.15 Å². The van der Waals surface area contributed by atoms with E-state index in [1.807, 2.05) is 0 Å². The number of nitrogens with two attached hydrogens (primary N) is 1. The second-order valence-corrected chi connectivity index (χ2v) is 4.50. The highest BCUT2D eigenvalue weighted by Gasteiger charge is 2.13. The fourth-order valence-electron chi connectivity index (χ4n) is 1.44. The van der Waals surface area contributed by atoms with Crippen LogP contribution in [0.1, 0.15) is 0 Å². The minimum Gasteiger partial charge on any atom is -0.463 e. The Morgan fingerprint density at radius 3 is 2.88 bits per heavy atom. The third kappa shape index (κ3) is 2.40. The summed E-state index contributed by atoms with van der Waals surface area (Å²) in [5, 5.41) is 1.82. The lowest BCUT2D eigenvalue weighted by atomic mass is 10.1. The molecule has 0 spiro atoms. The van der Waals surface area contributed by atoms with E-state index in [1.165, 1.54) is 6.07 Å². The second kappa shape index (κ2) is 4.98. The largest absolute Gasteiger partial charge is 0.463 e. The quantitative estimate of drug-likeness (QED) is 0.698. The highest BCUT2D eigenvalue weighted by molar-refractivity contribution is 9.09. The molecular formula is C11H9BrClNO3. The SMILES string of the molecule is Nc1ccc2c(Cl)c(OCCBr)oc(=O)c2c1. The van der Waals surface area contributed by atoms with E-state index in [-0.39, 0.29) is 11.0 Å². The summed E-state index contributed by atoms with van der Waals surface area (Å²) in [6.07, 6.45) is 0. The molecule has 2 N–H and O–H groups in total. The van der Waals surface area contributed by atoms with Crippen LogP contribution < -0.4 is 16.1 Å². The van der Waals surface area contributed by atoms with Crippen LogP contribution in [0.5, 0.6) is 5.95 Å². The first-order valence-corrected chi connectivity index (χ1v) is 6.34. The number of anilines is 1. The zero-order chi connectivity index (χ0) is 12.4. The predicted molar refractivity (Wildman–Crippen MR) is 71.2 cm³/mol. The maximum absolute atomic E-state index is 11.7. The van der Waals surface area contributed by atoms with E-state index >= 15 is 0 Å². The molecule has 0 saturated carbocycles. The van der Waals surface area contributed by atoms with Gasteiger partial charge in [0.25, 0.3) is 0 Å². The van der Waals surface area contributed by atoms with E-state index in [0.717, 1.165) is 0 Å². The van der Waals surface area contributed by atoms with Gasteiger partial charge < -0.3 is 14.9 Å². The number of hydrogen-bond acceptors (Lipinski definition) is 4. The van der Waals surface area contributed by atoms with Gasteiger partial charge in [0, 0.05) is 16.4 Å². The lowest BCUT2D eigenvalue weighted by Gasteiger charge is -2.06. The van der Waals surface area contributed by atoms with Crippen LogP contribution in [0.25, 0.3) is 10.8 Å². The first kappa shape index (κ1) is 12.3. The molecule has 0 atom stereocenters. The summed E-state index contributed by atoms with van der Waals surface area (Å²) in [7, 11) is 0. The number of nitrogen functional groups attached to an aromatic ring is 1. The van der Waals surface area contributed by atoms with Crippen LogP contribution in [0, 0.1) is 0 Å². The molecular weight excluding hydrogens is 309 g/mol. The van der Waals surface area contributed by atoms with Crippen molar-refractivity contribution in [3.8, 4) is 5.95 Å². The second-order valence-electron chi connectivity index (χ2n) is 3.33. The monoisotopic (exact) mass is 317 g/mol. The fourth-order valence-corrected chi connectivity index (χ4v) is 1.86. The van der Waals surface area contributed by atoms with Crippen molar-refractivity contribution in [1.82, 2.24) is 0 Å². The Bertz CT molecular complexity index is 611. The summed E-state index contributed by atoms with van der Waals surface area (Å²) in [6.45, 7) is 0.364. The Labute approximate surface area is 110 Å². The molecule has 0 aliphatic carbocycles. The molecule has 0 saturated heterocycles. The number of fused-ring (bicyclic) bond motifs is 1. The van der Waals surface area contributed by atoms with Gasteiger partial charge in [-0.15, -0.1) is 0 Å². The highest BCUT2D eigenvalue weighted by Crippen LogP contribution is 2.31. The zero-order valence-electron chi connectivity index (χ0n) is 8.70. The van der Waals surface area contributed by atoms with Crippen molar-refractivity contribution in [3.05, 3.63) is 33.6 Å². The summed E-state index contributed by atoms with van der Waals surface area (Å²) < 4.78 is 10.2. The van der Waals surface area contributed by atoms with Gasteiger partial charge in [-0.2, -0.15) is 0 Å². The van der Waals surface area contributed by atoms with Crippen LogP contribution in [0.3, 0.4) is 0 Å². The maximum Gasteiger partial charge on any atom is 0.346 e. The van der Waals surface area contributed by atoms with Crippen LogP contribution in [-0.2, 0) is 0 Å². The van der Waals surface area contributed by atoms with Crippen molar-refractivity contribution in [2.24, 2.45) is 0 Å². The number of alkyl halides is 1.